The maximum atomic E-state index is 14.0. The highest BCUT2D eigenvalue weighted by atomic mass is 19.2. The summed E-state index contributed by atoms with van der Waals surface area (Å²) in [5.74, 6) is -3.40. The molecule has 11 aromatic rings. The predicted molar refractivity (Wildman–Crippen MR) is 545 cm³/mol. The zero-order chi connectivity index (χ0) is 107. The van der Waals surface area contributed by atoms with E-state index in [1.165, 1.54) is 86.6 Å². The molecule has 2 aromatic heterocycles. The van der Waals surface area contributed by atoms with Crippen molar-refractivity contribution in [2.75, 3.05) is 33.0 Å². The van der Waals surface area contributed by atoms with Crippen molar-refractivity contribution in [3.05, 3.63) is 363 Å². The van der Waals surface area contributed by atoms with Crippen LogP contribution < -0.4 is 14.2 Å². The van der Waals surface area contributed by atoms with Crippen molar-refractivity contribution < 1.29 is 104 Å². The van der Waals surface area contributed by atoms with Gasteiger partial charge in [-0.3, -0.25) is 0 Å². The summed E-state index contributed by atoms with van der Waals surface area (Å²) in [4.78, 5) is 107. The second kappa shape index (κ2) is 61.0. The van der Waals surface area contributed by atoms with E-state index >= 15 is 0 Å². The summed E-state index contributed by atoms with van der Waals surface area (Å²) >= 11 is 0. The van der Waals surface area contributed by atoms with Crippen LogP contribution in [-0.4, -0.2) is 119 Å². The van der Waals surface area contributed by atoms with Crippen molar-refractivity contribution in [2.24, 2.45) is 5.92 Å². The number of benzene rings is 9. The van der Waals surface area contributed by atoms with Gasteiger partial charge < -0.3 is 56.8 Å². The third kappa shape index (κ3) is 37.9. The van der Waals surface area contributed by atoms with Gasteiger partial charge >= 0.3 is 47.8 Å². The number of ether oxygens (including phenoxy) is 12. The van der Waals surface area contributed by atoms with E-state index in [4.69, 9.17) is 85.8 Å². The van der Waals surface area contributed by atoms with Crippen LogP contribution in [0.3, 0.4) is 0 Å². The van der Waals surface area contributed by atoms with Crippen LogP contribution in [0.5, 0.6) is 17.2 Å². The molecule has 9 aromatic carbocycles. The fourth-order valence-electron chi connectivity index (χ4n) is 14.6. The normalized spacial score (nSPS) is 14.3. The second-order valence-electron chi connectivity index (χ2n) is 34.3. The number of halogens is 2. The van der Waals surface area contributed by atoms with Crippen molar-refractivity contribution in [3.8, 4) is 75.3 Å². The van der Waals surface area contributed by atoms with Gasteiger partial charge in [0.2, 0.25) is 11.4 Å². The number of aryl methyl sites for hydroxylation is 2. The number of unbranched alkanes of at least 4 members (excludes halogenated alkanes) is 6. The first-order valence-corrected chi connectivity index (χ1v) is 48.6. The topological polar surface area (TPSA) is 413 Å². The molecule has 4 fully saturated rings. The van der Waals surface area contributed by atoms with Gasteiger partial charge in [0.05, 0.1) is 104 Å². The number of hydrogen-bond acceptors (Lipinski definition) is 28. The SMILES string of the molecule is C=CC(=O)OCCCC1CCC(c2ccc(C#N)cc2)CC1.C=CC(=O)OCc1ccc(-c2ccc(CCCCC)nn2)cc1.N#Cc1ccc(-c2ccc(COC(=O)C3CO3)cc2)c(F)c1F.N#Cc1ccc(-c2ncc(COC(=O)C3CO3)cn2)cc1.[C-]#[N+]c1c(OC(=O)c2ccc(COC(=O)C3CO3)cc2)ccc(OCCCCC)c1C#N.[C-]#[N+]c1cc(CCCCC)ccc1OC(=O)c1ccc(COC(=O)C=C)cc1. The Morgan fingerprint density at radius 1 is 0.436 bits per heavy atom. The van der Waals surface area contributed by atoms with Crippen LogP contribution in [-0.2, 0) is 117 Å². The van der Waals surface area contributed by atoms with Crippen LogP contribution in [0.25, 0.3) is 43.5 Å². The standard InChI is InChI=1S/C24H22N2O6.C23H23NO4.C19H22N2O2.C19H23NO2.C17H11F2NO3.C15H11N3O3/c1-3-4-5-12-29-19-10-11-20(22(26-2)18(19)13-25)32-23(27)17-8-6-16(7-9-17)14-31-24(28)21-15-30-21;1-4-6-7-8-17-11-14-21(20(15-17)24-3)28-23(26)19-12-9-18(10-13-19)16-27-22(25)5-2;1-3-5-6-7-17-12-13-18(21-20-17)16-10-8-15(9-11-16)14-23-19(22)4-2;1-2-19(21)22-13-3-4-15-5-9-17(10-6-15)18-11-7-16(14-20)8-12-18;18-15-12(7-20)5-6-13(16(15)19)11-3-1-10(2-4-11)8-23-17(21)14-9-22-14;16-5-10-1-3-12(4-2-10)14-17-6-11(7-18-14)8-21-15(19)13-9-20-13/h6-11,21H,3-5,12,14-15H2,1H3;5,9-15H,2,4,6-8,16H2,1H3;4,8-13H,2-3,5-7,14H2,1H3;2,7-8,11-12,15,17H,1,3-6,9-10,13H2;1-6,14H,8-9H2;1-4,6-7,13H,8-9H2. The lowest BCUT2D eigenvalue weighted by Gasteiger charge is -2.28. The summed E-state index contributed by atoms with van der Waals surface area (Å²) < 4.78 is 88.7. The van der Waals surface area contributed by atoms with E-state index in [0.717, 1.165) is 139 Å². The van der Waals surface area contributed by atoms with E-state index in [-0.39, 0.29) is 84.4 Å². The number of nitrogens with zero attached hydrogens (tertiary/aromatic N) is 10. The molecular formula is C117H112F2N10O20. The van der Waals surface area contributed by atoms with E-state index < -0.39 is 65.8 Å². The Morgan fingerprint density at radius 2 is 0.893 bits per heavy atom. The minimum atomic E-state index is -1.16. The molecule has 149 heavy (non-hydrogen) atoms. The van der Waals surface area contributed by atoms with Crippen LogP contribution in [0.1, 0.15) is 211 Å². The lowest BCUT2D eigenvalue weighted by Crippen LogP contribution is -2.14. The lowest BCUT2D eigenvalue weighted by molar-refractivity contribution is -0.147. The first-order chi connectivity index (χ1) is 72.4. The van der Waals surface area contributed by atoms with Crippen LogP contribution in [0.4, 0.5) is 20.2 Å². The molecule has 3 aliphatic heterocycles. The molecule has 15 rings (SSSR count). The number of nitriles is 4. The number of carbonyl (C=O) groups is 8. The Morgan fingerprint density at radius 3 is 1.37 bits per heavy atom. The summed E-state index contributed by atoms with van der Waals surface area (Å²) in [5, 5.41) is 44.4. The first-order valence-electron chi connectivity index (χ1n) is 48.6. The van der Waals surface area contributed by atoms with E-state index in [2.05, 4.69) is 94.6 Å². The quantitative estimate of drug-likeness (QED) is 0.00653. The molecule has 4 aliphatic rings. The molecule has 0 amide bonds. The Bertz CT molecular complexity index is 6650. The summed E-state index contributed by atoms with van der Waals surface area (Å²) in [6.07, 6.45) is 24.0. The number of aromatic nitrogens is 4. The average Bonchev–Trinajstić information content (AvgIpc) is 1.65. The summed E-state index contributed by atoms with van der Waals surface area (Å²) in [7, 11) is 0. The summed E-state index contributed by atoms with van der Waals surface area (Å²) in [6.45, 7) is 34.1. The Kier molecular flexibility index (Phi) is 46.5. The van der Waals surface area contributed by atoms with Crippen molar-refractivity contribution in [1.82, 2.24) is 20.2 Å². The maximum Gasteiger partial charge on any atom is 0.342 e. The monoisotopic (exact) mass is 2010 g/mol. The van der Waals surface area contributed by atoms with Gasteiger partial charge in [-0.1, -0.05) is 176 Å². The van der Waals surface area contributed by atoms with Crippen molar-refractivity contribution in [3.63, 3.8) is 0 Å². The van der Waals surface area contributed by atoms with Gasteiger partial charge in [-0.25, -0.2) is 66.8 Å². The zero-order valence-electron chi connectivity index (χ0n) is 82.9. The predicted octanol–water partition coefficient (Wildman–Crippen LogP) is 22.6. The molecule has 1 saturated carbocycles. The molecular weight excluding hydrogens is 1900 g/mol. The Hall–Kier alpha value is -17.4. The third-order valence-electron chi connectivity index (χ3n) is 23.3. The van der Waals surface area contributed by atoms with Crippen LogP contribution in [0.15, 0.2) is 251 Å². The second-order valence-corrected chi connectivity index (χ2v) is 34.3. The van der Waals surface area contributed by atoms with E-state index in [1.807, 2.05) is 60.7 Å². The molecule has 0 bridgehead atoms. The molecule has 1 aliphatic carbocycles. The molecule has 30 nitrogen and oxygen atoms in total. The van der Waals surface area contributed by atoms with E-state index in [1.54, 1.807) is 116 Å². The molecule has 3 atom stereocenters. The molecule has 5 heterocycles. The van der Waals surface area contributed by atoms with Gasteiger partial charge in [-0.2, -0.15) is 31.2 Å². The Balaban J connectivity index is 0.000000184. The van der Waals surface area contributed by atoms with Crippen molar-refractivity contribution in [2.45, 2.75) is 187 Å². The van der Waals surface area contributed by atoms with Gasteiger partial charge in [0.15, 0.2) is 35.8 Å². The third-order valence-corrected chi connectivity index (χ3v) is 23.3. The molecule has 764 valence electrons. The molecule has 3 saturated heterocycles. The number of rotatable bonds is 41. The highest BCUT2D eigenvalue weighted by molar-refractivity contribution is 5.93. The molecule has 32 heteroatoms. The van der Waals surface area contributed by atoms with Gasteiger partial charge in [0.25, 0.3) is 0 Å². The minimum absolute atomic E-state index is 0.00935. The molecule has 0 spiro atoms. The van der Waals surface area contributed by atoms with Crippen molar-refractivity contribution >= 4 is 59.1 Å². The maximum absolute atomic E-state index is 14.0. The fourth-order valence-corrected chi connectivity index (χ4v) is 14.6. The molecule has 3 unspecified atom stereocenters. The van der Waals surface area contributed by atoms with Crippen LogP contribution in [0, 0.1) is 76.0 Å². The molecule has 0 N–H and O–H groups in total. The van der Waals surface area contributed by atoms with Gasteiger partial charge in [-0.15, -0.1) is 0 Å². The number of epoxide rings is 3. The largest absolute Gasteiger partial charge is 0.494 e. The van der Waals surface area contributed by atoms with Crippen molar-refractivity contribution in [1.29, 1.82) is 21.0 Å². The first kappa shape index (κ1) is 114. The summed E-state index contributed by atoms with van der Waals surface area (Å²) in [6, 6.07) is 64.9. The highest BCUT2D eigenvalue weighted by Gasteiger charge is 2.35. The number of carbonyl (C=O) groups excluding carboxylic acids is 8. The Labute approximate surface area is 864 Å². The highest BCUT2D eigenvalue weighted by Crippen LogP contribution is 2.41. The van der Waals surface area contributed by atoms with E-state index in [0.29, 0.717) is 84.0 Å². The number of esters is 8. The van der Waals surface area contributed by atoms with Crippen LogP contribution in [0.2, 0.25) is 0 Å². The van der Waals surface area contributed by atoms with E-state index in [9.17, 15) is 52.4 Å². The lowest BCUT2D eigenvalue weighted by atomic mass is 9.77. The fraction of sp³-hybridized carbons (Fsp3) is 0.299. The zero-order valence-corrected chi connectivity index (χ0v) is 82.9. The average molecular weight is 2020 g/mol. The summed E-state index contributed by atoms with van der Waals surface area (Å²) in [5.41, 5.74) is 12.3. The molecule has 0 radical (unpaired) electrons. The van der Waals surface area contributed by atoms with Gasteiger partial charge in [0.1, 0.15) is 61.9 Å². The van der Waals surface area contributed by atoms with Gasteiger partial charge in [0, 0.05) is 52.9 Å². The minimum Gasteiger partial charge on any atom is -0.494 e. The number of hydrogen-bond donors (Lipinski definition) is 0. The van der Waals surface area contributed by atoms with Crippen LogP contribution >= 0.6 is 0 Å². The smallest absolute Gasteiger partial charge is 0.342 e. The van der Waals surface area contributed by atoms with Gasteiger partial charge in [-0.05, 0) is 225 Å².